The molecule has 0 saturated heterocycles. The zero-order valence-electron chi connectivity index (χ0n) is 18.2. The van der Waals surface area contributed by atoms with Crippen LogP contribution in [0.4, 0.5) is 21.7 Å². The maximum atomic E-state index is 13.1. The summed E-state index contributed by atoms with van der Waals surface area (Å²) in [7, 11) is 0.427. The lowest BCUT2D eigenvalue weighted by Gasteiger charge is -2.19. The Balaban J connectivity index is 2.51. The normalized spacial score (nSPS) is 12.1. The van der Waals surface area contributed by atoms with E-state index in [0.29, 0.717) is 11.6 Å². The standard InChI is InChI=1S/C21H25FN6O3S/c1-6-7-8-17(14(2)32(30,31)28(4)5)26-18-11-20(25-13-16(18)21(29)23-3)27-19-10-9-15(22)12-24-19/h6-13H,2H2,1,3-5H3,(H,23,29)(H2,24,25,26,27)/b7-6-,17-8+. The second-order valence-corrected chi connectivity index (χ2v) is 8.80. The van der Waals surface area contributed by atoms with Gasteiger partial charge in [-0.05, 0) is 25.1 Å². The van der Waals surface area contributed by atoms with Crippen LogP contribution in [0.1, 0.15) is 17.3 Å². The first-order valence-electron chi connectivity index (χ1n) is 9.42. The number of amides is 1. The molecule has 0 unspecified atom stereocenters. The van der Waals surface area contributed by atoms with Gasteiger partial charge in [-0.25, -0.2) is 27.1 Å². The Kier molecular flexibility index (Phi) is 8.21. The molecule has 0 aliphatic carbocycles. The number of carbonyl (C=O) groups excluding carboxylic acids is 1. The van der Waals surface area contributed by atoms with Gasteiger partial charge in [-0.15, -0.1) is 0 Å². The molecule has 2 aromatic rings. The number of halogens is 1. The van der Waals surface area contributed by atoms with E-state index in [1.165, 1.54) is 51.6 Å². The van der Waals surface area contributed by atoms with Crippen molar-refractivity contribution in [2.45, 2.75) is 6.92 Å². The molecular weight excluding hydrogens is 435 g/mol. The Morgan fingerprint density at radius 3 is 2.44 bits per heavy atom. The Labute approximate surface area is 186 Å². The van der Waals surface area contributed by atoms with Gasteiger partial charge in [0, 0.05) is 33.4 Å². The van der Waals surface area contributed by atoms with E-state index in [1.807, 2.05) is 0 Å². The molecule has 11 heteroatoms. The maximum absolute atomic E-state index is 13.1. The summed E-state index contributed by atoms with van der Waals surface area (Å²) in [4.78, 5) is 20.3. The van der Waals surface area contributed by atoms with Crippen molar-refractivity contribution < 1.29 is 17.6 Å². The fourth-order valence-electron chi connectivity index (χ4n) is 2.42. The number of allylic oxidation sites excluding steroid dienone is 3. The molecule has 0 radical (unpaired) electrons. The molecule has 0 aliphatic heterocycles. The van der Waals surface area contributed by atoms with Gasteiger partial charge in [0.05, 0.1) is 28.0 Å². The number of anilines is 3. The molecule has 0 bridgehead atoms. The van der Waals surface area contributed by atoms with E-state index in [1.54, 1.807) is 19.1 Å². The summed E-state index contributed by atoms with van der Waals surface area (Å²) in [6, 6.07) is 4.18. The molecule has 170 valence electrons. The lowest BCUT2D eigenvalue weighted by atomic mass is 10.2. The molecule has 9 nitrogen and oxygen atoms in total. The monoisotopic (exact) mass is 460 g/mol. The molecule has 2 heterocycles. The Morgan fingerprint density at radius 1 is 1.19 bits per heavy atom. The predicted molar refractivity (Wildman–Crippen MR) is 123 cm³/mol. The van der Waals surface area contributed by atoms with Crippen molar-refractivity contribution in [3.8, 4) is 0 Å². The summed E-state index contributed by atoms with van der Waals surface area (Å²) in [5, 5.41) is 8.40. The van der Waals surface area contributed by atoms with E-state index in [4.69, 9.17) is 0 Å². The van der Waals surface area contributed by atoms with E-state index in [9.17, 15) is 17.6 Å². The minimum atomic E-state index is -3.83. The largest absolute Gasteiger partial charge is 0.355 e. The van der Waals surface area contributed by atoms with Crippen molar-refractivity contribution >= 4 is 33.3 Å². The van der Waals surface area contributed by atoms with E-state index < -0.39 is 21.7 Å². The highest BCUT2D eigenvalue weighted by molar-refractivity contribution is 7.93. The van der Waals surface area contributed by atoms with Crippen molar-refractivity contribution in [1.82, 2.24) is 19.6 Å². The van der Waals surface area contributed by atoms with E-state index in [2.05, 4.69) is 32.5 Å². The van der Waals surface area contributed by atoms with Crippen LogP contribution in [0.3, 0.4) is 0 Å². The number of pyridine rings is 2. The van der Waals surface area contributed by atoms with Gasteiger partial charge >= 0.3 is 0 Å². The molecule has 0 fully saturated rings. The second kappa shape index (κ2) is 10.6. The fourth-order valence-corrected chi connectivity index (χ4v) is 3.26. The van der Waals surface area contributed by atoms with Crippen LogP contribution in [-0.4, -0.2) is 49.7 Å². The van der Waals surface area contributed by atoms with Crippen molar-refractivity contribution in [3.63, 3.8) is 0 Å². The van der Waals surface area contributed by atoms with Gasteiger partial charge in [0.15, 0.2) is 0 Å². The summed E-state index contributed by atoms with van der Waals surface area (Å²) in [6.07, 6.45) is 7.27. The minimum absolute atomic E-state index is 0.166. The van der Waals surface area contributed by atoms with Crippen LogP contribution in [-0.2, 0) is 10.0 Å². The molecule has 0 aromatic carbocycles. The molecule has 0 aliphatic rings. The first-order chi connectivity index (χ1) is 15.1. The van der Waals surface area contributed by atoms with Gasteiger partial charge in [-0.3, -0.25) is 4.79 Å². The topological polar surface area (TPSA) is 116 Å². The van der Waals surface area contributed by atoms with Crippen molar-refractivity contribution in [2.75, 3.05) is 31.8 Å². The summed E-state index contributed by atoms with van der Waals surface area (Å²) >= 11 is 0. The number of sulfonamides is 1. The number of nitrogens with one attached hydrogen (secondary N) is 3. The number of carbonyl (C=O) groups is 1. The van der Waals surface area contributed by atoms with Gasteiger partial charge in [0.2, 0.25) is 10.0 Å². The lowest BCUT2D eigenvalue weighted by Crippen LogP contribution is -2.26. The molecule has 2 aromatic heterocycles. The van der Waals surface area contributed by atoms with Gasteiger partial charge in [0.25, 0.3) is 5.91 Å². The Hall–Kier alpha value is -3.57. The van der Waals surface area contributed by atoms with Crippen LogP contribution in [0.15, 0.2) is 66.0 Å². The van der Waals surface area contributed by atoms with Gasteiger partial charge in [0.1, 0.15) is 17.5 Å². The van der Waals surface area contributed by atoms with Crippen LogP contribution in [0.25, 0.3) is 0 Å². The SMILES string of the molecule is C=C(/C(=C\C=C/C)Nc1cc(Nc2ccc(F)cn2)ncc1C(=O)NC)S(=O)(=O)N(C)C. The number of nitrogens with zero attached hydrogens (tertiary/aromatic N) is 3. The highest BCUT2D eigenvalue weighted by Crippen LogP contribution is 2.26. The number of rotatable bonds is 9. The summed E-state index contributed by atoms with van der Waals surface area (Å²) in [5.41, 5.74) is 0.611. The molecule has 32 heavy (non-hydrogen) atoms. The van der Waals surface area contributed by atoms with Gasteiger partial charge in [-0.2, -0.15) is 0 Å². The predicted octanol–water partition coefficient (Wildman–Crippen LogP) is 3.00. The third-order valence-corrected chi connectivity index (χ3v) is 5.98. The van der Waals surface area contributed by atoms with Crippen molar-refractivity contribution in [1.29, 1.82) is 0 Å². The van der Waals surface area contributed by atoms with Gasteiger partial charge < -0.3 is 16.0 Å². The quantitative estimate of drug-likeness (QED) is 0.493. The Bertz CT molecular complexity index is 1160. The van der Waals surface area contributed by atoms with Crippen LogP contribution in [0.5, 0.6) is 0 Å². The molecule has 1 amide bonds. The van der Waals surface area contributed by atoms with Crippen LogP contribution in [0.2, 0.25) is 0 Å². The number of aromatic nitrogens is 2. The summed E-state index contributed by atoms with van der Waals surface area (Å²) < 4.78 is 39.4. The van der Waals surface area contributed by atoms with E-state index in [0.717, 1.165) is 10.5 Å². The fraction of sp³-hybridized carbons (Fsp3) is 0.190. The molecule has 0 atom stereocenters. The highest BCUT2D eigenvalue weighted by Gasteiger charge is 2.23. The second-order valence-electron chi connectivity index (χ2n) is 6.62. The van der Waals surface area contributed by atoms with Crippen molar-refractivity contribution in [3.05, 3.63) is 77.4 Å². The maximum Gasteiger partial charge on any atom is 0.254 e. The van der Waals surface area contributed by atoms with Crippen molar-refractivity contribution in [2.24, 2.45) is 0 Å². The minimum Gasteiger partial charge on any atom is -0.355 e. The molecule has 0 spiro atoms. The van der Waals surface area contributed by atoms with Crippen LogP contribution in [0, 0.1) is 5.82 Å². The average Bonchev–Trinajstić information content (AvgIpc) is 2.77. The first-order valence-corrected chi connectivity index (χ1v) is 10.9. The smallest absolute Gasteiger partial charge is 0.254 e. The Morgan fingerprint density at radius 2 is 1.88 bits per heavy atom. The molecule has 3 N–H and O–H groups in total. The van der Waals surface area contributed by atoms with Crippen LogP contribution < -0.4 is 16.0 Å². The number of hydrogen-bond donors (Lipinski definition) is 3. The third-order valence-electron chi connectivity index (χ3n) is 4.18. The third kappa shape index (κ3) is 5.99. The molecule has 2 rings (SSSR count). The van der Waals surface area contributed by atoms with Gasteiger partial charge in [-0.1, -0.05) is 18.7 Å². The highest BCUT2D eigenvalue weighted by atomic mass is 32.2. The summed E-state index contributed by atoms with van der Waals surface area (Å²) in [6.45, 7) is 5.49. The average molecular weight is 461 g/mol. The molecular formula is C21H25FN6O3S. The van der Waals surface area contributed by atoms with Crippen LogP contribution >= 0.6 is 0 Å². The number of hydrogen-bond acceptors (Lipinski definition) is 7. The van der Waals surface area contributed by atoms with E-state index in [-0.39, 0.29) is 21.9 Å². The summed E-state index contributed by atoms with van der Waals surface area (Å²) in [5.74, 6) is -0.286. The zero-order valence-corrected chi connectivity index (χ0v) is 19.0. The molecule has 0 saturated carbocycles. The van der Waals surface area contributed by atoms with E-state index >= 15 is 0 Å². The zero-order chi connectivity index (χ0) is 23.9. The first kappa shape index (κ1) is 24.7. The lowest BCUT2D eigenvalue weighted by molar-refractivity contribution is 0.0963.